The number of hydrogen-bond acceptors (Lipinski definition) is 5. The molecule has 2 heterocycles. The lowest BCUT2D eigenvalue weighted by Gasteiger charge is -2.23. The second-order valence-corrected chi connectivity index (χ2v) is 10.6. The fourth-order valence-corrected chi connectivity index (χ4v) is 5.46. The van der Waals surface area contributed by atoms with Gasteiger partial charge in [-0.15, -0.1) is 0 Å². The van der Waals surface area contributed by atoms with Gasteiger partial charge in [0.05, 0.1) is 11.8 Å². The topological polar surface area (TPSA) is 74.1 Å². The number of aliphatic imine (C=N–C) groups is 1. The van der Waals surface area contributed by atoms with Crippen molar-refractivity contribution in [1.29, 1.82) is 0 Å². The number of thioether (sulfide) groups is 1. The highest BCUT2D eigenvalue weighted by atomic mass is 35.5. The van der Waals surface area contributed by atoms with Gasteiger partial charge in [-0.05, 0) is 49.2 Å². The van der Waals surface area contributed by atoms with Gasteiger partial charge in [0.1, 0.15) is 5.25 Å². The first-order valence-corrected chi connectivity index (χ1v) is 13.0. The maximum atomic E-state index is 12.8. The zero-order valence-corrected chi connectivity index (χ0v) is 21.5. The first-order chi connectivity index (χ1) is 17.4. The van der Waals surface area contributed by atoms with Crippen LogP contribution in [0, 0.1) is 13.8 Å². The molecule has 36 heavy (non-hydrogen) atoms. The van der Waals surface area contributed by atoms with Gasteiger partial charge in [-0.25, -0.2) is 5.01 Å². The Kier molecular flexibility index (Phi) is 6.94. The fourth-order valence-electron chi connectivity index (χ4n) is 4.20. The lowest BCUT2D eigenvalue weighted by atomic mass is 9.98. The molecule has 0 spiro atoms. The Labute approximate surface area is 219 Å². The highest BCUT2D eigenvalue weighted by Crippen LogP contribution is 2.39. The first kappa shape index (κ1) is 24.3. The average Bonchev–Trinajstić information content (AvgIpc) is 3.45. The number of hydrazone groups is 1. The van der Waals surface area contributed by atoms with Crippen LogP contribution in [0.3, 0.4) is 0 Å². The average molecular weight is 517 g/mol. The number of nitrogens with one attached hydrogen (secondary N) is 1. The molecule has 182 valence electrons. The number of halogens is 1. The molecule has 8 heteroatoms. The van der Waals surface area contributed by atoms with E-state index in [4.69, 9.17) is 16.7 Å². The molecule has 6 nitrogen and oxygen atoms in total. The van der Waals surface area contributed by atoms with Crippen LogP contribution in [0.2, 0.25) is 5.02 Å². The van der Waals surface area contributed by atoms with Crippen molar-refractivity contribution in [1.82, 2.24) is 5.01 Å². The van der Waals surface area contributed by atoms with Crippen molar-refractivity contribution in [3.8, 4) is 0 Å². The maximum Gasteiger partial charge on any atom is 0.262 e. The number of carbonyl (C=O) groups is 2. The molecule has 0 bridgehead atoms. The van der Waals surface area contributed by atoms with E-state index < -0.39 is 5.25 Å². The monoisotopic (exact) mass is 516 g/mol. The number of amidine groups is 1. The van der Waals surface area contributed by atoms with Gasteiger partial charge in [0.25, 0.3) is 5.91 Å². The Bertz CT molecular complexity index is 1370. The zero-order valence-electron chi connectivity index (χ0n) is 19.9. The van der Waals surface area contributed by atoms with Gasteiger partial charge in [0.2, 0.25) is 5.91 Å². The molecule has 3 aromatic rings. The zero-order chi connectivity index (χ0) is 25.2. The summed E-state index contributed by atoms with van der Waals surface area (Å²) in [6.45, 7) is 4.03. The molecule has 2 aliphatic rings. The Morgan fingerprint density at radius 1 is 1.06 bits per heavy atom. The minimum absolute atomic E-state index is 0.0363. The molecule has 0 saturated carbocycles. The molecule has 2 amide bonds. The van der Waals surface area contributed by atoms with E-state index in [0.717, 1.165) is 22.4 Å². The first-order valence-electron chi connectivity index (χ1n) is 11.7. The second-order valence-electron chi connectivity index (χ2n) is 8.99. The van der Waals surface area contributed by atoms with E-state index >= 15 is 0 Å². The summed E-state index contributed by atoms with van der Waals surface area (Å²) in [6, 6.07) is 23.3. The van der Waals surface area contributed by atoms with E-state index in [1.165, 1.54) is 17.3 Å². The molecule has 0 unspecified atom stereocenters. The summed E-state index contributed by atoms with van der Waals surface area (Å²) in [6.07, 6.45) is 0.685. The van der Waals surface area contributed by atoms with E-state index in [0.29, 0.717) is 22.3 Å². The van der Waals surface area contributed by atoms with Crippen molar-refractivity contribution in [2.75, 3.05) is 5.32 Å². The molecule has 0 aromatic heterocycles. The van der Waals surface area contributed by atoms with E-state index in [2.05, 4.69) is 34.6 Å². The van der Waals surface area contributed by atoms with Gasteiger partial charge in [0, 0.05) is 23.6 Å². The van der Waals surface area contributed by atoms with E-state index in [1.54, 1.807) is 5.01 Å². The SMILES string of the molecule is Cc1ccc(NC(=O)C[C@@H]2SC(N3N=C(c4ccc(C)cc4)C[C@@H]3c3cccc(Cl)c3)=NC2=O)cc1. The highest BCUT2D eigenvalue weighted by Gasteiger charge is 2.39. The minimum atomic E-state index is -0.593. The van der Waals surface area contributed by atoms with Crippen LogP contribution in [0.1, 0.15) is 41.1 Å². The quantitative estimate of drug-likeness (QED) is 0.442. The van der Waals surface area contributed by atoms with Crippen molar-refractivity contribution >= 4 is 51.7 Å². The number of anilines is 1. The Hall–Kier alpha value is -3.42. The van der Waals surface area contributed by atoms with Crippen LogP contribution in [-0.4, -0.2) is 33.0 Å². The van der Waals surface area contributed by atoms with Gasteiger partial charge >= 0.3 is 0 Å². The molecule has 2 aliphatic heterocycles. The van der Waals surface area contributed by atoms with Crippen LogP contribution in [0.5, 0.6) is 0 Å². The lowest BCUT2D eigenvalue weighted by molar-refractivity contribution is -0.121. The largest absolute Gasteiger partial charge is 0.326 e. The molecule has 0 aliphatic carbocycles. The van der Waals surface area contributed by atoms with Crippen LogP contribution < -0.4 is 5.32 Å². The summed E-state index contributed by atoms with van der Waals surface area (Å²) in [4.78, 5) is 29.7. The van der Waals surface area contributed by atoms with Gasteiger partial charge in [0.15, 0.2) is 5.17 Å². The number of nitrogens with zero attached hydrogens (tertiary/aromatic N) is 3. The van der Waals surface area contributed by atoms with Crippen molar-refractivity contribution < 1.29 is 9.59 Å². The smallest absolute Gasteiger partial charge is 0.262 e. The summed E-state index contributed by atoms with van der Waals surface area (Å²) < 4.78 is 0. The standard InChI is InChI=1S/C28H25ClN4O2S/c1-17-6-10-19(11-7-17)23-15-24(20-4-3-5-21(29)14-20)33(32-23)28-31-27(35)25(36-28)16-26(34)30-22-12-8-18(2)9-13-22/h3-14,24-25H,15-16H2,1-2H3,(H,30,34)/t24-,25+/m1/s1. The molecule has 1 N–H and O–H groups in total. The van der Waals surface area contributed by atoms with Crippen LogP contribution in [-0.2, 0) is 9.59 Å². The Morgan fingerprint density at radius 2 is 1.75 bits per heavy atom. The minimum Gasteiger partial charge on any atom is -0.326 e. The molecule has 5 rings (SSSR count). The Balaban J connectivity index is 1.35. The number of aryl methyl sites for hydroxylation is 2. The predicted molar refractivity (Wildman–Crippen MR) is 147 cm³/mol. The molecule has 2 atom stereocenters. The summed E-state index contributed by atoms with van der Waals surface area (Å²) in [5, 5.41) is 10.1. The third kappa shape index (κ3) is 5.37. The van der Waals surface area contributed by atoms with Crippen molar-refractivity contribution in [3.63, 3.8) is 0 Å². The van der Waals surface area contributed by atoms with Crippen molar-refractivity contribution in [2.24, 2.45) is 10.1 Å². The van der Waals surface area contributed by atoms with E-state index in [9.17, 15) is 9.59 Å². The molecular weight excluding hydrogens is 492 g/mol. The summed E-state index contributed by atoms with van der Waals surface area (Å²) in [5.41, 5.74) is 5.92. The highest BCUT2D eigenvalue weighted by molar-refractivity contribution is 8.15. The predicted octanol–water partition coefficient (Wildman–Crippen LogP) is 6.13. The van der Waals surface area contributed by atoms with Gasteiger partial charge in [-0.3, -0.25) is 9.59 Å². The normalized spacial score (nSPS) is 19.3. The molecule has 0 saturated heterocycles. The van der Waals surface area contributed by atoms with Crippen molar-refractivity contribution in [2.45, 2.75) is 38.0 Å². The van der Waals surface area contributed by atoms with Gasteiger partial charge in [-0.1, -0.05) is 83.0 Å². The fraction of sp³-hybridized carbons (Fsp3) is 0.214. The van der Waals surface area contributed by atoms with Crippen LogP contribution in [0.4, 0.5) is 5.69 Å². The molecule has 0 radical (unpaired) electrons. The maximum absolute atomic E-state index is 12.8. The second kappa shape index (κ2) is 10.3. The lowest BCUT2D eigenvalue weighted by Crippen LogP contribution is -2.25. The summed E-state index contributed by atoms with van der Waals surface area (Å²) >= 11 is 7.58. The van der Waals surface area contributed by atoms with E-state index in [-0.39, 0.29) is 24.3 Å². The molecule has 3 aromatic carbocycles. The summed E-state index contributed by atoms with van der Waals surface area (Å²) in [5.74, 6) is -0.546. The number of amides is 2. The van der Waals surface area contributed by atoms with Crippen LogP contribution in [0.15, 0.2) is 82.9 Å². The van der Waals surface area contributed by atoms with Gasteiger partial charge < -0.3 is 5.32 Å². The third-order valence-electron chi connectivity index (χ3n) is 6.16. The summed E-state index contributed by atoms with van der Waals surface area (Å²) in [7, 11) is 0. The number of benzene rings is 3. The van der Waals surface area contributed by atoms with Crippen LogP contribution >= 0.6 is 23.4 Å². The number of hydrogen-bond donors (Lipinski definition) is 1. The number of rotatable bonds is 5. The third-order valence-corrected chi connectivity index (χ3v) is 7.54. The van der Waals surface area contributed by atoms with Gasteiger partial charge in [-0.2, -0.15) is 10.1 Å². The van der Waals surface area contributed by atoms with Crippen LogP contribution in [0.25, 0.3) is 0 Å². The molecule has 0 fully saturated rings. The van der Waals surface area contributed by atoms with E-state index in [1.807, 2.05) is 62.4 Å². The molecular formula is C28H25ClN4O2S. The Morgan fingerprint density at radius 3 is 2.44 bits per heavy atom. The van der Waals surface area contributed by atoms with Crippen molar-refractivity contribution in [3.05, 3.63) is 100 Å². The number of carbonyl (C=O) groups excluding carboxylic acids is 2.